The molecule has 1 saturated heterocycles. The van der Waals surface area contributed by atoms with E-state index in [1.165, 1.54) is 22.0 Å². The van der Waals surface area contributed by atoms with Gasteiger partial charge in [0.05, 0.1) is 6.04 Å². The van der Waals surface area contributed by atoms with E-state index in [2.05, 4.69) is 180 Å². The van der Waals surface area contributed by atoms with E-state index in [9.17, 15) is 4.79 Å². The summed E-state index contributed by atoms with van der Waals surface area (Å²) in [5.74, 6) is 0. The third-order valence-corrected chi connectivity index (χ3v) is 13.8. The van der Waals surface area contributed by atoms with Crippen LogP contribution in [0.2, 0.25) is 0 Å². The summed E-state index contributed by atoms with van der Waals surface area (Å²) in [6, 6.07) is 18.4. The van der Waals surface area contributed by atoms with Gasteiger partial charge in [0.25, 0.3) is 0 Å². The number of ether oxygens (including phenoxy) is 1. The fraction of sp³-hybridized carbons (Fsp3) is 0.639. The Kier molecular flexibility index (Phi) is 19.3. The second-order valence-corrected chi connectivity index (χ2v) is 26.0. The number of nitrogens with zero attached hydrogens (tertiary/aromatic N) is 2. The number of anilines is 2. The molecular formula is C36H63Cl2N3O2P2Pd. The first kappa shape index (κ1) is 45.4. The van der Waals surface area contributed by atoms with Gasteiger partial charge in [-0.3, -0.25) is 0 Å². The maximum absolute atomic E-state index is 10.1. The fourth-order valence-electron chi connectivity index (χ4n) is 5.85. The SMILES string of the molecule is CC1COC(=O)N1.CN(C)c1ccc(P(C(C)(C)C)C(C)(C)C)cc1.CN(C)c1ccc(P(C(C)(C)C)C(C)(C)C)cc1.[Cl][Pd][Cl]. The number of rotatable bonds is 4. The summed E-state index contributed by atoms with van der Waals surface area (Å²) in [6.45, 7) is 30.8. The molecule has 10 heteroatoms. The predicted octanol–water partition coefficient (Wildman–Crippen LogP) is 10.4. The van der Waals surface area contributed by atoms with Gasteiger partial charge in [-0.25, -0.2) is 4.79 Å². The Morgan fingerprint density at radius 3 is 1.04 bits per heavy atom. The van der Waals surface area contributed by atoms with E-state index in [-0.39, 0.29) is 43.9 Å². The number of cyclic esters (lactones) is 1. The Balaban J connectivity index is 0.000000680. The number of nitrogens with one attached hydrogen (secondary N) is 1. The van der Waals surface area contributed by atoms with Crippen LogP contribution in [0, 0.1) is 0 Å². The Bertz CT molecular complexity index is 1050. The van der Waals surface area contributed by atoms with Crippen LogP contribution >= 0.6 is 34.9 Å². The molecule has 3 rings (SSSR count). The number of hydrogen-bond acceptors (Lipinski definition) is 4. The first-order valence-corrected chi connectivity index (χ1v) is 22.4. The van der Waals surface area contributed by atoms with Gasteiger partial charge in [0.2, 0.25) is 0 Å². The van der Waals surface area contributed by atoms with Crippen LogP contribution in [-0.2, 0) is 20.7 Å². The molecule has 1 amide bonds. The molecule has 46 heavy (non-hydrogen) atoms. The van der Waals surface area contributed by atoms with Gasteiger partial charge in [-0.1, -0.05) is 123 Å². The normalized spacial score (nSPS) is 15.1. The van der Waals surface area contributed by atoms with E-state index in [1.54, 1.807) is 0 Å². The minimum absolute atomic E-state index is 0.106. The minimum atomic E-state index is -0.299. The van der Waals surface area contributed by atoms with Crippen LogP contribution in [0.4, 0.5) is 16.2 Å². The molecule has 1 aliphatic rings. The number of halogens is 2. The summed E-state index contributed by atoms with van der Waals surface area (Å²) in [4.78, 5) is 14.4. The Hall–Kier alpha value is -0.588. The van der Waals surface area contributed by atoms with Crippen molar-refractivity contribution in [1.29, 1.82) is 0 Å². The summed E-state index contributed by atoms with van der Waals surface area (Å²) in [5, 5.41) is 6.94. The fourth-order valence-corrected chi connectivity index (χ4v) is 13.9. The molecule has 0 saturated carbocycles. The van der Waals surface area contributed by atoms with E-state index in [0.717, 1.165) is 0 Å². The molecule has 2 aromatic rings. The summed E-state index contributed by atoms with van der Waals surface area (Å²) in [6.07, 6.45) is -0.299. The molecule has 0 aromatic heterocycles. The van der Waals surface area contributed by atoms with Gasteiger partial charge in [-0.2, -0.15) is 0 Å². The van der Waals surface area contributed by atoms with Gasteiger partial charge in [0, 0.05) is 39.6 Å². The van der Waals surface area contributed by atoms with Gasteiger partial charge in [0.1, 0.15) is 6.61 Å². The molecule has 5 nitrogen and oxygen atoms in total. The van der Waals surface area contributed by atoms with Crippen molar-refractivity contribution in [1.82, 2.24) is 5.32 Å². The van der Waals surface area contributed by atoms with Crippen LogP contribution in [0.5, 0.6) is 0 Å². The molecule has 0 spiro atoms. The van der Waals surface area contributed by atoms with Gasteiger partial charge < -0.3 is 19.9 Å². The molecule has 2 aromatic carbocycles. The number of alkyl carbamates (subject to hydrolysis) is 1. The number of amides is 1. The standard InChI is InChI=1S/2C16H28NP.C4H7NO2.2ClH.Pd/c2*1-15(2,3)18(16(4,5)6)14-11-9-13(10-12-14)17(7)8;1-3-2-7-4(6)5-3;;;/h2*9-12H,1-8H3;3H,2H2,1H3,(H,5,6);2*1H;/q;;;;;+2/p-2. The Morgan fingerprint density at radius 2 is 0.913 bits per heavy atom. The maximum atomic E-state index is 10.1. The summed E-state index contributed by atoms with van der Waals surface area (Å²) < 4.78 is 4.52. The van der Waals surface area contributed by atoms with Crippen molar-refractivity contribution in [3.63, 3.8) is 0 Å². The molecule has 1 aliphatic heterocycles. The van der Waals surface area contributed by atoms with Crippen LogP contribution in [0.25, 0.3) is 0 Å². The number of benzene rings is 2. The molecule has 0 radical (unpaired) electrons. The van der Waals surface area contributed by atoms with E-state index in [4.69, 9.17) is 19.1 Å². The number of carbonyl (C=O) groups excluding carboxylic acids is 1. The molecular weight excluding hydrogens is 746 g/mol. The Morgan fingerprint density at radius 1 is 0.652 bits per heavy atom. The van der Waals surface area contributed by atoms with Crippen molar-refractivity contribution in [2.75, 3.05) is 44.6 Å². The van der Waals surface area contributed by atoms with Gasteiger partial charge in [-0.05, 0) is 62.4 Å². The molecule has 268 valence electrons. The molecule has 0 aliphatic carbocycles. The van der Waals surface area contributed by atoms with Crippen molar-refractivity contribution < 1.29 is 25.5 Å². The van der Waals surface area contributed by atoms with Crippen LogP contribution in [-0.4, -0.2) is 67.6 Å². The van der Waals surface area contributed by atoms with E-state index >= 15 is 0 Å². The second-order valence-electron chi connectivity index (χ2n) is 15.9. The molecule has 1 heterocycles. The average Bonchev–Trinajstić information content (AvgIpc) is 3.24. The van der Waals surface area contributed by atoms with E-state index in [0.29, 0.717) is 27.2 Å². The van der Waals surface area contributed by atoms with Gasteiger partial charge in [0.15, 0.2) is 0 Å². The molecule has 1 N–H and O–H groups in total. The van der Waals surface area contributed by atoms with Crippen molar-refractivity contribution >= 4 is 63.0 Å². The van der Waals surface area contributed by atoms with Crippen molar-refractivity contribution in [3.05, 3.63) is 48.5 Å². The molecule has 1 atom stereocenters. The summed E-state index contributed by atoms with van der Waals surface area (Å²) >= 11 is -0.106. The topological polar surface area (TPSA) is 44.8 Å². The van der Waals surface area contributed by atoms with Crippen molar-refractivity contribution in [2.24, 2.45) is 0 Å². The quantitative estimate of drug-likeness (QED) is 0.247. The zero-order chi connectivity index (χ0) is 36.3. The van der Waals surface area contributed by atoms with Crippen LogP contribution in [0.15, 0.2) is 48.5 Å². The van der Waals surface area contributed by atoms with Crippen molar-refractivity contribution in [2.45, 2.75) is 117 Å². The van der Waals surface area contributed by atoms with Crippen LogP contribution < -0.4 is 25.7 Å². The van der Waals surface area contributed by atoms with E-state index < -0.39 is 0 Å². The monoisotopic (exact) mass is 807 g/mol. The predicted molar refractivity (Wildman–Crippen MR) is 209 cm³/mol. The van der Waals surface area contributed by atoms with Crippen LogP contribution in [0.3, 0.4) is 0 Å². The molecule has 1 fully saturated rings. The third kappa shape index (κ3) is 16.7. The summed E-state index contributed by atoms with van der Waals surface area (Å²) in [7, 11) is 17.6. The zero-order valence-corrected chi connectivity index (χ0v) is 36.4. The van der Waals surface area contributed by atoms with Crippen LogP contribution in [0.1, 0.15) is 90.0 Å². The molecule has 1 unspecified atom stereocenters. The first-order valence-electron chi connectivity index (χ1n) is 15.7. The Labute approximate surface area is 301 Å². The van der Waals surface area contributed by atoms with Gasteiger partial charge >= 0.3 is 41.1 Å². The number of hydrogen-bond donors (Lipinski definition) is 1. The summed E-state index contributed by atoms with van der Waals surface area (Å²) in [5.41, 5.74) is 2.55. The third-order valence-electron chi connectivity index (χ3n) is 6.76. The zero-order valence-electron chi connectivity index (χ0n) is 31.6. The average molecular weight is 809 g/mol. The second kappa shape index (κ2) is 19.6. The van der Waals surface area contributed by atoms with Gasteiger partial charge in [-0.15, -0.1) is 0 Å². The number of carbonyl (C=O) groups is 1. The van der Waals surface area contributed by atoms with E-state index in [1.807, 2.05) is 6.92 Å². The first-order chi connectivity index (χ1) is 20.8. The molecule has 0 bridgehead atoms. The van der Waals surface area contributed by atoms with Crippen molar-refractivity contribution in [3.8, 4) is 0 Å².